The Labute approximate surface area is 88.7 Å². The maximum Gasteiger partial charge on any atom is 0.354 e. The lowest BCUT2D eigenvalue weighted by molar-refractivity contribution is 0.0594. The van der Waals surface area contributed by atoms with E-state index < -0.39 is 0 Å². The second kappa shape index (κ2) is 5.53. The molecule has 5 nitrogen and oxygen atoms in total. The number of hydrogen-bond donors (Lipinski definition) is 2. The lowest BCUT2D eigenvalue weighted by atomic mass is 10.4. The number of aromatic nitrogens is 1. The predicted octanol–water partition coefficient (Wildman–Crippen LogP) is 0.225. The number of H-pyrrole nitrogens is 1. The third-order valence-electron chi connectivity index (χ3n) is 2.07. The molecule has 0 atom stereocenters. The highest BCUT2D eigenvalue weighted by Gasteiger charge is 2.08. The largest absolute Gasteiger partial charge is 0.464 e. The van der Waals surface area contributed by atoms with E-state index >= 15 is 0 Å². The molecule has 0 aliphatic rings. The molecule has 1 aromatic heterocycles. The van der Waals surface area contributed by atoms with Crippen LogP contribution in [0.2, 0.25) is 0 Å². The zero-order chi connectivity index (χ0) is 11.3. The van der Waals surface area contributed by atoms with Gasteiger partial charge in [0, 0.05) is 18.8 Å². The van der Waals surface area contributed by atoms with Gasteiger partial charge in [-0.25, -0.2) is 4.79 Å². The van der Waals surface area contributed by atoms with Gasteiger partial charge in [0.1, 0.15) is 5.69 Å². The summed E-state index contributed by atoms with van der Waals surface area (Å²) in [6.07, 6.45) is 0. The van der Waals surface area contributed by atoms with Gasteiger partial charge in [0.15, 0.2) is 0 Å². The van der Waals surface area contributed by atoms with Crippen LogP contribution in [-0.2, 0) is 11.3 Å². The van der Waals surface area contributed by atoms with Crippen LogP contribution in [0.1, 0.15) is 16.2 Å². The SMILES string of the molecule is COC(=O)c1ccc(CN(C)CCO)[nH]1. The first-order valence-electron chi connectivity index (χ1n) is 4.73. The fourth-order valence-corrected chi connectivity index (χ4v) is 1.30. The quantitative estimate of drug-likeness (QED) is 0.685. The van der Waals surface area contributed by atoms with Gasteiger partial charge in [-0.15, -0.1) is 0 Å². The van der Waals surface area contributed by atoms with E-state index in [1.54, 1.807) is 6.07 Å². The Morgan fingerprint density at radius 1 is 1.60 bits per heavy atom. The predicted molar refractivity (Wildman–Crippen MR) is 55.6 cm³/mol. The normalized spacial score (nSPS) is 10.7. The number of carbonyl (C=O) groups is 1. The van der Waals surface area contributed by atoms with Crippen LogP contribution < -0.4 is 0 Å². The number of esters is 1. The summed E-state index contributed by atoms with van der Waals surface area (Å²) < 4.78 is 4.58. The summed E-state index contributed by atoms with van der Waals surface area (Å²) in [5.74, 6) is -0.369. The lowest BCUT2D eigenvalue weighted by Crippen LogP contribution is -2.21. The minimum Gasteiger partial charge on any atom is -0.464 e. The number of aromatic amines is 1. The fraction of sp³-hybridized carbons (Fsp3) is 0.500. The highest BCUT2D eigenvalue weighted by atomic mass is 16.5. The third-order valence-corrected chi connectivity index (χ3v) is 2.07. The summed E-state index contributed by atoms with van der Waals surface area (Å²) in [5, 5.41) is 8.72. The van der Waals surface area contributed by atoms with Crippen molar-refractivity contribution in [3.63, 3.8) is 0 Å². The molecule has 0 aliphatic heterocycles. The molecular formula is C10H16N2O3. The number of likely N-dealkylation sites (N-methyl/N-ethyl adjacent to an activating group) is 1. The Kier molecular flexibility index (Phi) is 4.33. The molecule has 2 N–H and O–H groups in total. The van der Waals surface area contributed by atoms with Crippen molar-refractivity contribution in [2.45, 2.75) is 6.54 Å². The second-order valence-electron chi connectivity index (χ2n) is 3.35. The molecule has 0 unspecified atom stereocenters. The van der Waals surface area contributed by atoms with Gasteiger partial charge in [-0.3, -0.25) is 4.90 Å². The van der Waals surface area contributed by atoms with Crippen molar-refractivity contribution in [1.82, 2.24) is 9.88 Å². The average molecular weight is 212 g/mol. The van der Waals surface area contributed by atoms with Crippen molar-refractivity contribution in [3.05, 3.63) is 23.5 Å². The molecule has 5 heteroatoms. The number of aliphatic hydroxyl groups is 1. The smallest absolute Gasteiger partial charge is 0.354 e. The monoisotopic (exact) mass is 212 g/mol. The molecule has 1 aromatic rings. The molecule has 0 bridgehead atoms. The standard InChI is InChI=1S/C10H16N2O3/c1-12(5-6-13)7-8-3-4-9(11-8)10(14)15-2/h3-4,11,13H,5-7H2,1-2H3. The van der Waals surface area contributed by atoms with Crippen LogP contribution in [0.15, 0.2) is 12.1 Å². The molecule has 0 spiro atoms. The maximum absolute atomic E-state index is 11.1. The van der Waals surface area contributed by atoms with E-state index in [4.69, 9.17) is 5.11 Å². The molecule has 0 saturated heterocycles. The summed E-state index contributed by atoms with van der Waals surface area (Å²) >= 11 is 0. The van der Waals surface area contributed by atoms with Crippen molar-refractivity contribution in [2.75, 3.05) is 27.3 Å². The van der Waals surface area contributed by atoms with E-state index in [0.717, 1.165) is 5.69 Å². The molecule has 84 valence electrons. The van der Waals surface area contributed by atoms with Gasteiger partial charge in [0.25, 0.3) is 0 Å². The Bertz CT molecular complexity index is 322. The van der Waals surface area contributed by atoms with Gasteiger partial charge in [0.05, 0.1) is 13.7 Å². The molecule has 0 amide bonds. The van der Waals surface area contributed by atoms with Crippen LogP contribution in [0.25, 0.3) is 0 Å². The van der Waals surface area contributed by atoms with E-state index in [1.807, 2.05) is 18.0 Å². The number of nitrogens with one attached hydrogen (secondary N) is 1. The second-order valence-corrected chi connectivity index (χ2v) is 3.35. The van der Waals surface area contributed by atoms with Gasteiger partial charge in [-0.2, -0.15) is 0 Å². The van der Waals surface area contributed by atoms with Gasteiger partial charge < -0.3 is 14.8 Å². The molecule has 1 heterocycles. The Hall–Kier alpha value is -1.33. The fourth-order valence-electron chi connectivity index (χ4n) is 1.30. The number of nitrogens with zero attached hydrogens (tertiary/aromatic N) is 1. The van der Waals surface area contributed by atoms with Crippen molar-refractivity contribution in [2.24, 2.45) is 0 Å². The first-order chi connectivity index (χ1) is 7.17. The summed E-state index contributed by atoms with van der Waals surface area (Å²) in [6.45, 7) is 1.39. The molecule has 0 fully saturated rings. The van der Waals surface area contributed by atoms with Gasteiger partial charge in [-0.1, -0.05) is 0 Å². The first-order valence-corrected chi connectivity index (χ1v) is 4.73. The highest BCUT2D eigenvalue weighted by molar-refractivity contribution is 5.87. The van der Waals surface area contributed by atoms with Gasteiger partial charge >= 0.3 is 5.97 Å². The summed E-state index contributed by atoms with van der Waals surface area (Å²) in [4.78, 5) is 16.0. The van der Waals surface area contributed by atoms with E-state index in [9.17, 15) is 4.79 Å². The number of aliphatic hydroxyl groups excluding tert-OH is 1. The van der Waals surface area contributed by atoms with Crippen molar-refractivity contribution in [1.29, 1.82) is 0 Å². The number of methoxy groups -OCH3 is 1. The molecule has 0 saturated carbocycles. The molecule has 1 rings (SSSR count). The molecule has 15 heavy (non-hydrogen) atoms. The van der Waals surface area contributed by atoms with Crippen LogP contribution in [0.5, 0.6) is 0 Å². The van der Waals surface area contributed by atoms with E-state index in [1.165, 1.54) is 7.11 Å². The van der Waals surface area contributed by atoms with Crippen molar-refractivity contribution in [3.8, 4) is 0 Å². The maximum atomic E-state index is 11.1. The van der Waals surface area contributed by atoms with Crippen LogP contribution in [0.4, 0.5) is 0 Å². The van der Waals surface area contributed by atoms with Crippen LogP contribution >= 0.6 is 0 Å². The molecule has 0 aromatic carbocycles. The molecule has 0 aliphatic carbocycles. The topological polar surface area (TPSA) is 65.6 Å². The van der Waals surface area contributed by atoms with E-state index in [0.29, 0.717) is 18.8 Å². The highest BCUT2D eigenvalue weighted by Crippen LogP contribution is 2.05. The summed E-state index contributed by atoms with van der Waals surface area (Å²) in [7, 11) is 3.25. The first kappa shape index (κ1) is 11.7. The van der Waals surface area contributed by atoms with Crippen LogP contribution in [0, 0.1) is 0 Å². The van der Waals surface area contributed by atoms with E-state index in [-0.39, 0.29) is 12.6 Å². The Morgan fingerprint density at radius 3 is 2.93 bits per heavy atom. The van der Waals surface area contributed by atoms with Crippen LogP contribution in [0.3, 0.4) is 0 Å². The summed E-state index contributed by atoms with van der Waals surface area (Å²) in [5.41, 5.74) is 1.37. The number of carbonyl (C=O) groups excluding carboxylic acids is 1. The van der Waals surface area contributed by atoms with Gasteiger partial charge in [-0.05, 0) is 19.2 Å². The number of hydrogen-bond acceptors (Lipinski definition) is 4. The van der Waals surface area contributed by atoms with Crippen molar-refractivity contribution < 1.29 is 14.6 Å². The van der Waals surface area contributed by atoms with Crippen molar-refractivity contribution >= 4 is 5.97 Å². The number of rotatable bonds is 5. The lowest BCUT2D eigenvalue weighted by Gasteiger charge is -2.13. The zero-order valence-corrected chi connectivity index (χ0v) is 8.99. The minimum atomic E-state index is -0.369. The Balaban J connectivity index is 2.56. The zero-order valence-electron chi connectivity index (χ0n) is 8.99. The number of ether oxygens (including phenoxy) is 1. The van der Waals surface area contributed by atoms with E-state index in [2.05, 4.69) is 9.72 Å². The average Bonchev–Trinajstić information content (AvgIpc) is 2.65. The third kappa shape index (κ3) is 3.38. The van der Waals surface area contributed by atoms with Gasteiger partial charge in [0.2, 0.25) is 0 Å². The minimum absolute atomic E-state index is 0.126. The Morgan fingerprint density at radius 2 is 2.33 bits per heavy atom. The molecular weight excluding hydrogens is 196 g/mol. The van der Waals surface area contributed by atoms with Crippen LogP contribution in [-0.4, -0.2) is 48.3 Å². The summed E-state index contributed by atoms with van der Waals surface area (Å²) in [6, 6.07) is 3.52. The molecule has 0 radical (unpaired) electrons.